The van der Waals surface area contributed by atoms with Crippen LogP contribution in [0.3, 0.4) is 0 Å². The fourth-order valence-electron chi connectivity index (χ4n) is 0.622. The average molecular weight is 263 g/mol. The maximum atomic E-state index is 3.76. The Morgan fingerprint density at radius 2 is 1.60 bits per heavy atom. The van der Waals surface area contributed by atoms with Crippen LogP contribution in [0.1, 0.15) is 13.8 Å². The molecule has 0 saturated carbocycles. The molecule has 2 radical (unpaired) electrons. The molecule has 2 heteroatoms. The van der Waals surface area contributed by atoms with E-state index in [1.165, 1.54) is 12.1 Å². The molecule has 0 aliphatic carbocycles. The second kappa shape index (κ2) is 12.4. The molecule has 0 amide bonds. The van der Waals surface area contributed by atoms with Crippen LogP contribution in [0.2, 0.25) is 22.0 Å². The zero-order chi connectivity index (χ0) is 8.41. The zero-order valence-corrected chi connectivity index (χ0v) is 11.8. The van der Waals surface area contributed by atoms with E-state index in [2.05, 4.69) is 36.0 Å². The van der Waals surface area contributed by atoms with Crippen LogP contribution in [0.15, 0.2) is 12.3 Å². The Labute approximate surface area is 77.9 Å². The summed E-state index contributed by atoms with van der Waals surface area (Å²) in [7, 11) is -0.407. The zero-order valence-electron chi connectivity index (χ0n) is 7.78. The summed E-state index contributed by atoms with van der Waals surface area (Å²) in [6.07, 6.45) is 0. The van der Waals surface area contributed by atoms with Crippen LogP contribution in [0, 0.1) is 0 Å². The molecule has 0 fully saturated rings. The minimum absolute atomic E-state index is 0.230. The third-order valence-corrected chi connectivity index (χ3v) is 4.15. The van der Waals surface area contributed by atoms with E-state index in [9.17, 15) is 0 Å². The minimum atomic E-state index is -0.407. The Morgan fingerprint density at radius 3 is 1.60 bits per heavy atom. The van der Waals surface area contributed by atoms with E-state index in [0.29, 0.717) is 0 Å². The van der Waals surface area contributed by atoms with Crippen molar-refractivity contribution in [3.8, 4) is 0 Å². The van der Waals surface area contributed by atoms with E-state index in [1.54, 1.807) is 0 Å². The molecule has 0 aliphatic heterocycles. The van der Waals surface area contributed by atoms with Crippen molar-refractivity contribution >= 4 is 29.9 Å². The van der Waals surface area contributed by atoms with Crippen molar-refractivity contribution in [3.05, 3.63) is 12.3 Å². The molecule has 0 N–H and O–H groups in total. The summed E-state index contributed by atoms with van der Waals surface area (Å²) in [4.78, 5) is 4.59. The topological polar surface area (TPSA) is 0 Å². The first kappa shape index (κ1) is 13.4. The van der Waals surface area contributed by atoms with Crippen molar-refractivity contribution in [1.29, 1.82) is 0 Å². The standard InChI is InChI=1S/C6H14Si.2CH3.Sn/c1-4-7(5-2)6-3;;;/h4,7H,1,5-6H2,2-3H3;2*1H3;. The summed E-state index contributed by atoms with van der Waals surface area (Å²) in [5.41, 5.74) is 2.17. The number of rotatable bonds is 3. The fourth-order valence-corrected chi connectivity index (χ4v) is 1.87. The first-order valence-electron chi connectivity index (χ1n) is 3.97. The van der Waals surface area contributed by atoms with Crippen LogP contribution < -0.4 is 0 Å². The number of hydrogen-bond donors (Lipinski definition) is 0. The van der Waals surface area contributed by atoms with Gasteiger partial charge in [0.15, 0.2) is 0 Å². The molecular weight excluding hydrogens is 243 g/mol. The maximum absolute atomic E-state index is 3.76. The second-order valence-electron chi connectivity index (χ2n) is 2.31. The summed E-state index contributed by atoms with van der Waals surface area (Å²) >= 11 is 0.230. The normalized spacial score (nSPS) is 8.50. The molecule has 0 saturated heterocycles. The molecule has 0 aromatic heterocycles. The predicted molar refractivity (Wildman–Crippen MR) is 55.8 cm³/mol. The van der Waals surface area contributed by atoms with E-state index in [1.807, 2.05) is 0 Å². The fraction of sp³-hybridized carbons (Fsp3) is 0.750. The van der Waals surface area contributed by atoms with Gasteiger partial charge in [0.2, 0.25) is 0 Å². The van der Waals surface area contributed by atoms with Crippen molar-refractivity contribution in [2.45, 2.75) is 35.8 Å². The Morgan fingerprint density at radius 1 is 1.30 bits per heavy atom. The van der Waals surface area contributed by atoms with Crippen LogP contribution in [0.5, 0.6) is 0 Å². The molecule has 0 aromatic rings. The summed E-state index contributed by atoms with van der Waals surface area (Å²) < 4.78 is 0. The van der Waals surface area contributed by atoms with Crippen LogP contribution in [0.25, 0.3) is 0 Å². The van der Waals surface area contributed by atoms with E-state index in [-0.39, 0.29) is 21.1 Å². The Balaban J connectivity index is 0. The Bertz CT molecular complexity index is 60.3. The van der Waals surface area contributed by atoms with Crippen LogP contribution in [-0.2, 0) is 0 Å². The SMILES string of the molecule is C=C[SiH](CC)CC.[CH3][Sn][CH3]. The molecule has 0 bridgehead atoms. The van der Waals surface area contributed by atoms with Crippen molar-refractivity contribution < 1.29 is 0 Å². The molecular formula is C8H20SiSn. The van der Waals surface area contributed by atoms with E-state index in [4.69, 9.17) is 0 Å². The Kier molecular flexibility index (Phi) is 16.6. The van der Waals surface area contributed by atoms with Crippen molar-refractivity contribution in [3.63, 3.8) is 0 Å². The first-order valence-corrected chi connectivity index (χ1v) is 12.0. The third-order valence-electron chi connectivity index (χ3n) is 1.38. The van der Waals surface area contributed by atoms with Gasteiger partial charge in [-0.15, -0.1) is 12.3 Å². The molecule has 10 heavy (non-hydrogen) atoms. The molecule has 0 aromatic carbocycles. The monoisotopic (exact) mass is 264 g/mol. The molecule has 0 rings (SSSR count). The third kappa shape index (κ3) is 11.5. The van der Waals surface area contributed by atoms with Crippen molar-refractivity contribution in [2.24, 2.45) is 0 Å². The van der Waals surface area contributed by atoms with Gasteiger partial charge in [-0.1, -0.05) is 25.9 Å². The van der Waals surface area contributed by atoms with Gasteiger partial charge in [-0.05, 0) is 0 Å². The van der Waals surface area contributed by atoms with Gasteiger partial charge in [0.25, 0.3) is 0 Å². The molecule has 0 nitrogen and oxygen atoms in total. The quantitative estimate of drug-likeness (QED) is 0.687. The van der Waals surface area contributed by atoms with E-state index in [0.717, 1.165) is 0 Å². The van der Waals surface area contributed by atoms with Gasteiger partial charge in [0.05, 0.1) is 8.80 Å². The number of hydrogen-bond acceptors (Lipinski definition) is 0. The molecule has 0 spiro atoms. The second-order valence-corrected chi connectivity index (χ2v) is 8.79. The van der Waals surface area contributed by atoms with Crippen LogP contribution >= 0.6 is 0 Å². The van der Waals surface area contributed by atoms with Gasteiger partial charge in [-0.3, -0.25) is 0 Å². The molecule has 0 heterocycles. The van der Waals surface area contributed by atoms with Crippen molar-refractivity contribution in [1.82, 2.24) is 0 Å². The van der Waals surface area contributed by atoms with E-state index >= 15 is 0 Å². The average Bonchev–Trinajstić information content (AvgIpc) is 1.93. The Hall–Kier alpha value is 0.756. The van der Waals surface area contributed by atoms with Gasteiger partial charge < -0.3 is 0 Å². The predicted octanol–water partition coefficient (Wildman–Crippen LogP) is 2.77. The van der Waals surface area contributed by atoms with E-state index < -0.39 is 8.80 Å². The van der Waals surface area contributed by atoms with Gasteiger partial charge in [0.1, 0.15) is 0 Å². The van der Waals surface area contributed by atoms with Crippen LogP contribution in [-0.4, -0.2) is 29.9 Å². The van der Waals surface area contributed by atoms with Gasteiger partial charge in [0, 0.05) is 0 Å². The van der Waals surface area contributed by atoms with Gasteiger partial charge >= 0.3 is 31.0 Å². The first-order chi connectivity index (χ1) is 4.76. The van der Waals surface area contributed by atoms with Gasteiger partial charge in [-0.25, -0.2) is 0 Å². The summed E-state index contributed by atoms with van der Waals surface area (Å²) in [5.74, 6) is 0. The molecule has 0 aliphatic rings. The van der Waals surface area contributed by atoms with Crippen molar-refractivity contribution in [2.75, 3.05) is 0 Å². The molecule has 60 valence electrons. The van der Waals surface area contributed by atoms with Gasteiger partial charge in [-0.2, -0.15) is 0 Å². The summed E-state index contributed by atoms with van der Waals surface area (Å²) in [6, 6.07) is 2.75. The summed E-state index contributed by atoms with van der Waals surface area (Å²) in [5, 5.41) is 0. The summed E-state index contributed by atoms with van der Waals surface area (Å²) in [6.45, 7) is 8.27. The molecule has 0 unspecified atom stereocenters. The molecule has 0 atom stereocenters. The van der Waals surface area contributed by atoms with Crippen LogP contribution in [0.4, 0.5) is 0 Å².